The highest BCUT2D eigenvalue weighted by Gasteiger charge is 2.04. The maximum Gasteiger partial charge on any atom is 0.330 e. The molecule has 0 aromatic carbocycles. The fourth-order valence-corrected chi connectivity index (χ4v) is 0.540. The normalized spacial score (nSPS) is 12.8. The SMILES string of the molecule is COC(=O)/C=C/C(N)CC(=O)O. The Morgan fingerprint density at radius 2 is 2.25 bits per heavy atom. The van der Waals surface area contributed by atoms with Gasteiger partial charge in [-0.1, -0.05) is 6.08 Å². The molecule has 0 radical (unpaired) electrons. The van der Waals surface area contributed by atoms with Crippen LogP contribution in [0.2, 0.25) is 0 Å². The Balaban J connectivity index is 3.82. The number of methoxy groups -OCH3 is 1. The van der Waals surface area contributed by atoms with E-state index < -0.39 is 18.0 Å². The molecule has 12 heavy (non-hydrogen) atoms. The first-order valence-electron chi connectivity index (χ1n) is 3.29. The van der Waals surface area contributed by atoms with E-state index in [1.807, 2.05) is 0 Å². The van der Waals surface area contributed by atoms with Crippen molar-refractivity contribution >= 4 is 11.9 Å². The van der Waals surface area contributed by atoms with Crippen LogP contribution in [0.5, 0.6) is 0 Å². The lowest BCUT2D eigenvalue weighted by atomic mass is 10.2. The molecule has 0 saturated carbocycles. The van der Waals surface area contributed by atoms with Gasteiger partial charge in [0.05, 0.1) is 13.5 Å². The molecule has 0 spiro atoms. The third-order valence-electron chi connectivity index (χ3n) is 1.09. The summed E-state index contributed by atoms with van der Waals surface area (Å²) in [7, 11) is 1.23. The average molecular weight is 173 g/mol. The van der Waals surface area contributed by atoms with Gasteiger partial charge in [-0.05, 0) is 0 Å². The number of hydrogen-bond acceptors (Lipinski definition) is 4. The first kappa shape index (κ1) is 10.6. The van der Waals surface area contributed by atoms with E-state index >= 15 is 0 Å². The fraction of sp³-hybridized carbons (Fsp3) is 0.429. The molecule has 3 N–H and O–H groups in total. The van der Waals surface area contributed by atoms with E-state index in [-0.39, 0.29) is 6.42 Å². The van der Waals surface area contributed by atoms with Gasteiger partial charge in [0, 0.05) is 12.1 Å². The van der Waals surface area contributed by atoms with Crippen molar-refractivity contribution < 1.29 is 19.4 Å². The van der Waals surface area contributed by atoms with Crippen LogP contribution in [0, 0.1) is 0 Å². The van der Waals surface area contributed by atoms with Crippen molar-refractivity contribution in [3.05, 3.63) is 12.2 Å². The average Bonchev–Trinajstić information content (AvgIpc) is 1.99. The highest BCUT2D eigenvalue weighted by molar-refractivity contribution is 5.82. The third kappa shape index (κ3) is 5.43. The van der Waals surface area contributed by atoms with Crippen molar-refractivity contribution in [2.75, 3.05) is 7.11 Å². The van der Waals surface area contributed by atoms with Gasteiger partial charge < -0.3 is 15.6 Å². The molecule has 0 fully saturated rings. The summed E-state index contributed by atoms with van der Waals surface area (Å²) in [5.74, 6) is -1.55. The van der Waals surface area contributed by atoms with Crippen molar-refractivity contribution in [1.29, 1.82) is 0 Å². The Labute approximate surface area is 69.8 Å². The molecule has 0 heterocycles. The molecule has 0 amide bonds. The van der Waals surface area contributed by atoms with Crippen molar-refractivity contribution in [3.63, 3.8) is 0 Å². The van der Waals surface area contributed by atoms with E-state index in [0.717, 1.165) is 6.08 Å². The van der Waals surface area contributed by atoms with Crippen LogP contribution in [-0.2, 0) is 14.3 Å². The molecule has 1 atom stereocenters. The number of esters is 1. The van der Waals surface area contributed by atoms with Gasteiger partial charge in [-0.3, -0.25) is 4.79 Å². The number of rotatable bonds is 4. The molecule has 0 aliphatic heterocycles. The number of carbonyl (C=O) groups excluding carboxylic acids is 1. The van der Waals surface area contributed by atoms with Gasteiger partial charge >= 0.3 is 11.9 Å². The van der Waals surface area contributed by atoms with Crippen LogP contribution in [0.1, 0.15) is 6.42 Å². The number of aliphatic carboxylic acids is 1. The van der Waals surface area contributed by atoms with Gasteiger partial charge in [0.2, 0.25) is 0 Å². The number of carboxylic acids is 1. The Kier molecular flexibility index (Phi) is 4.71. The minimum Gasteiger partial charge on any atom is -0.481 e. The van der Waals surface area contributed by atoms with Gasteiger partial charge in [-0.15, -0.1) is 0 Å². The van der Waals surface area contributed by atoms with E-state index in [1.54, 1.807) is 0 Å². The minimum absolute atomic E-state index is 0.201. The van der Waals surface area contributed by atoms with E-state index in [9.17, 15) is 9.59 Å². The summed E-state index contributed by atoms with van der Waals surface area (Å²) < 4.78 is 4.28. The van der Waals surface area contributed by atoms with Crippen LogP contribution in [0.4, 0.5) is 0 Å². The standard InChI is InChI=1S/C7H11NO4/c1-12-7(11)3-2-5(8)4-6(9)10/h2-3,5H,4,8H2,1H3,(H,9,10)/b3-2+. The van der Waals surface area contributed by atoms with E-state index in [0.29, 0.717) is 0 Å². The highest BCUT2D eigenvalue weighted by atomic mass is 16.5. The van der Waals surface area contributed by atoms with Crippen LogP contribution < -0.4 is 5.73 Å². The number of ether oxygens (including phenoxy) is 1. The van der Waals surface area contributed by atoms with Crippen molar-refractivity contribution in [2.45, 2.75) is 12.5 Å². The molecule has 68 valence electrons. The predicted octanol–water partition coefficient (Wildman–Crippen LogP) is -0.482. The highest BCUT2D eigenvalue weighted by Crippen LogP contribution is 1.90. The second kappa shape index (κ2) is 5.31. The number of hydrogen-bond donors (Lipinski definition) is 2. The van der Waals surface area contributed by atoms with Gasteiger partial charge in [0.25, 0.3) is 0 Å². The quantitative estimate of drug-likeness (QED) is 0.442. The fourth-order valence-electron chi connectivity index (χ4n) is 0.540. The summed E-state index contributed by atoms with van der Waals surface area (Å²) in [4.78, 5) is 20.6. The van der Waals surface area contributed by atoms with E-state index in [1.165, 1.54) is 13.2 Å². The summed E-state index contributed by atoms with van der Waals surface area (Å²) in [6.07, 6.45) is 2.20. The molecular formula is C7H11NO4. The van der Waals surface area contributed by atoms with Gasteiger partial charge in [-0.25, -0.2) is 4.79 Å². The van der Waals surface area contributed by atoms with Crippen molar-refractivity contribution in [1.82, 2.24) is 0 Å². The summed E-state index contributed by atoms with van der Waals surface area (Å²) >= 11 is 0. The molecule has 0 aliphatic carbocycles. The van der Waals surface area contributed by atoms with Crippen LogP contribution >= 0.6 is 0 Å². The molecule has 0 aromatic rings. The molecule has 1 unspecified atom stereocenters. The minimum atomic E-state index is -1.00. The third-order valence-corrected chi connectivity index (χ3v) is 1.09. The second-order valence-corrected chi connectivity index (χ2v) is 2.14. The monoisotopic (exact) mass is 173 g/mol. The summed E-state index contributed by atoms with van der Waals surface area (Å²) in [5.41, 5.74) is 5.30. The maximum atomic E-state index is 10.5. The topological polar surface area (TPSA) is 89.6 Å². The lowest BCUT2D eigenvalue weighted by Gasteiger charge is -2.00. The molecular weight excluding hydrogens is 162 g/mol. The maximum absolute atomic E-state index is 10.5. The zero-order valence-corrected chi connectivity index (χ0v) is 6.69. The first-order chi connectivity index (χ1) is 5.56. The van der Waals surface area contributed by atoms with Gasteiger partial charge in [0.1, 0.15) is 0 Å². The lowest BCUT2D eigenvalue weighted by Crippen LogP contribution is -2.21. The van der Waals surface area contributed by atoms with Crippen molar-refractivity contribution in [2.24, 2.45) is 5.73 Å². The Morgan fingerprint density at radius 1 is 1.67 bits per heavy atom. The molecule has 0 bridgehead atoms. The molecule has 5 nitrogen and oxygen atoms in total. The number of carbonyl (C=O) groups is 2. The zero-order valence-electron chi connectivity index (χ0n) is 6.69. The second-order valence-electron chi connectivity index (χ2n) is 2.14. The van der Waals surface area contributed by atoms with Crippen LogP contribution in [0.25, 0.3) is 0 Å². The molecule has 0 rings (SSSR count). The van der Waals surface area contributed by atoms with Crippen LogP contribution in [-0.4, -0.2) is 30.2 Å². The number of nitrogens with two attached hydrogens (primary N) is 1. The number of carboxylic acid groups (broad SMARTS) is 1. The zero-order chi connectivity index (χ0) is 9.56. The molecule has 0 aliphatic rings. The molecule has 0 saturated heterocycles. The van der Waals surface area contributed by atoms with Crippen LogP contribution in [0.15, 0.2) is 12.2 Å². The summed E-state index contributed by atoms with van der Waals surface area (Å²) in [5, 5.41) is 8.28. The van der Waals surface area contributed by atoms with Crippen molar-refractivity contribution in [3.8, 4) is 0 Å². The molecule has 0 aromatic heterocycles. The summed E-state index contributed by atoms with van der Waals surface area (Å²) in [6, 6.07) is -0.651. The van der Waals surface area contributed by atoms with E-state index in [2.05, 4.69) is 4.74 Å². The van der Waals surface area contributed by atoms with Gasteiger partial charge in [0.15, 0.2) is 0 Å². The Hall–Kier alpha value is -1.36. The molecule has 5 heteroatoms. The Morgan fingerprint density at radius 3 is 2.67 bits per heavy atom. The van der Waals surface area contributed by atoms with Crippen LogP contribution in [0.3, 0.4) is 0 Å². The Bertz CT molecular complexity index is 200. The van der Waals surface area contributed by atoms with Gasteiger partial charge in [-0.2, -0.15) is 0 Å². The lowest BCUT2D eigenvalue weighted by molar-refractivity contribution is -0.137. The smallest absolute Gasteiger partial charge is 0.330 e. The summed E-state index contributed by atoms with van der Waals surface area (Å²) in [6.45, 7) is 0. The largest absolute Gasteiger partial charge is 0.481 e. The van der Waals surface area contributed by atoms with E-state index in [4.69, 9.17) is 10.8 Å². The first-order valence-corrected chi connectivity index (χ1v) is 3.29. The predicted molar refractivity (Wildman–Crippen MR) is 41.4 cm³/mol.